The monoisotopic (exact) mass is 215 g/mol. The van der Waals surface area contributed by atoms with Crippen molar-refractivity contribution in [3.63, 3.8) is 0 Å². The average Bonchev–Trinajstić information content (AvgIpc) is 2.50. The van der Waals surface area contributed by atoms with E-state index in [4.69, 9.17) is 9.84 Å². The second-order valence-corrected chi connectivity index (χ2v) is 4.39. The van der Waals surface area contributed by atoms with Crippen molar-refractivity contribution in [1.82, 2.24) is 5.32 Å². The summed E-state index contributed by atoms with van der Waals surface area (Å²) in [6.45, 7) is 5.32. The molecule has 0 aliphatic carbocycles. The number of hydrogen-bond donors (Lipinski definition) is 2. The van der Waals surface area contributed by atoms with Crippen molar-refractivity contribution >= 4 is 11.9 Å². The Kier molecular flexibility index (Phi) is 3.34. The van der Waals surface area contributed by atoms with Crippen LogP contribution in [-0.4, -0.2) is 35.2 Å². The van der Waals surface area contributed by atoms with Crippen LogP contribution in [-0.2, 0) is 14.3 Å². The molecule has 2 N–H and O–H groups in total. The Balaban J connectivity index is 2.59. The number of amides is 1. The molecule has 1 aliphatic heterocycles. The lowest BCUT2D eigenvalue weighted by atomic mass is 9.98. The van der Waals surface area contributed by atoms with E-state index in [9.17, 15) is 9.59 Å². The van der Waals surface area contributed by atoms with Crippen LogP contribution in [0.5, 0.6) is 0 Å². The van der Waals surface area contributed by atoms with E-state index in [1.54, 1.807) is 0 Å². The lowest BCUT2D eigenvalue weighted by Gasteiger charge is -2.24. The Labute approximate surface area is 88.8 Å². The van der Waals surface area contributed by atoms with Gasteiger partial charge in [-0.15, -0.1) is 0 Å². The maximum absolute atomic E-state index is 11.7. The Morgan fingerprint density at radius 2 is 2.07 bits per heavy atom. The van der Waals surface area contributed by atoms with E-state index in [-0.39, 0.29) is 17.9 Å². The molecular formula is C10H17NO4. The molecule has 0 saturated carbocycles. The minimum atomic E-state index is -1.22. The van der Waals surface area contributed by atoms with Gasteiger partial charge in [0.1, 0.15) is 5.54 Å². The third kappa shape index (κ3) is 2.68. The predicted octanol–water partition coefficient (Wildman–Crippen LogP) is 0.391. The van der Waals surface area contributed by atoms with Gasteiger partial charge >= 0.3 is 5.97 Å². The van der Waals surface area contributed by atoms with Gasteiger partial charge in [-0.25, -0.2) is 4.79 Å². The molecule has 1 amide bonds. The SMILES string of the molecule is CC1OCCC1C(=O)NC(C)(C)C(=O)O. The van der Waals surface area contributed by atoms with Crippen molar-refractivity contribution in [2.24, 2.45) is 5.92 Å². The summed E-state index contributed by atoms with van der Waals surface area (Å²) in [5.41, 5.74) is -1.22. The lowest BCUT2D eigenvalue weighted by Crippen LogP contribution is -2.52. The van der Waals surface area contributed by atoms with Crippen molar-refractivity contribution in [3.05, 3.63) is 0 Å². The standard InChI is InChI=1S/C10H17NO4/c1-6-7(4-5-15-6)8(12)11-10(2,3)9(13)14/h6-7H,4-5H2,1-3H3,(H,11,12)(H,13,14). The fraction of sp³-hybridized carbons (Fsp3) is 0.800. The van der Waals surface area contributed by atoms with Gasteiger partial charge in [0.2, 0.25) is 5.91 Å². The molecule has 1 aliphatic rings. The van der Waals surface area contributed by atoms with Gasteiger partial charge in [0.25, 0.3) is 0 Å². The Morgan fingerprint density at radius 3 is 2.47 bits per heavy atom. The van der Waals surface area contributed by atoms with Gasteiger partial charge in [-0.2, -0.15) is 0 Å². The van der Waals surface area contributed by atoms with Crippen LogP contribution in [0.2, 0.25) is 0 Å². The molecule has 1 saturated heterocycles. The minimum Gasteiger partial charge on any atom is -0.480 e. The highest BCUT2D eigenvalue weighted by molar-refractivity contribution is 5.87. The molecule has 1 heterocycles. The molecular weight excluding hydrogens is 198 g/mol. The number of carboxylic acid groups (broad SMARTS) is 1. The van der Waals surface area contributed by atoms with Crippen molar-refractivity contribution in [3.8, 4) is 0 Å². The van der Waals surface area contributed by atoms with Crippen LogP contribution in [0.15, 0.2) is 0 Å². The van der Waals surface area contributed by atoms with E-state index in [2.05, 4.69) is 5.32 Å². The van der Waals surface area contributed by atoms with E-state index in [1.165, 1.54) is 13.8 Å². The van der Waals surface area contributed by atoms with E-state index in [0.717, 1.165) is 0 Å². The molecule has 2 atom stereocenters. The Hall–Kier alpha value is -1.10. The number of carbonyl (C=O) groups excluding carboxylic acids is 1. The highest BCUT2D eigenvalue weighted by atomic mass is 16.5. The minimum absolute atomic E-state index is 0.130. The summed E-state index contributed by atoms with van der Waals surface area (Å²) in [5, 5.41) is 11.4. The fourth-order valence-electron chi connectivity index (χ4n) is 1.53. The number of carboxylic acids is 1. The van der Waals surface area contributed by atoms with Gasteiger partial charge in [-0.3, -0.25) is 4.79 Å². The first-order valence-corrected chi connectivity index (χ1v) is 5.01. The first-order valence-electron chi connectivity index (χ1n) is 5.01. The predicted molar refractivity (Wildman–Crippen MR) is 53.4 cm³/mol. The summed E-state index contributed by atoms with van der Waals surface area (Å²) in [4.78, 5) is 22.5. The summed E-state index contributed by atoms with van der Waals surface area (Å²) in [5.74, 6) is -1.52. The highest BCUT2D eigenvalue weighted by Gasteiger charge is 2.36. The summed E-state index contributed by atoms with van der Waals surface area (Å²) >= 11 is 0. The summed E-state index contributed by atoms with van der Waals surface area (Å²) in [6, 6.07) is 0. The zero-order valence-corrected chi connectivity index (χ0v) is 9.24. The zero-order valence-electron chi connectivity index (χ0n) is 9.24. The van der Waals surface area contributed by atoms with Crippen molar-refractivity contribution in [1.29, 1.82) is 0 Å². The van der Waals surface area contributed by atoms with Crippen LogP contribution in [0.3, 0.4) is 0 Å². The van der Waals surface area contributed by atoms with Crippen LogP contribution in [0.25, 0.3) is 0 Å². The zero-order chi connectivity index (χ0) is 11.6. The third-order valence-corrected chi connectivity index (χ3v) is 2.68. The molecule has 2 unspecified atom stereocenters. The molecule has 0 bridgehead atoms. The quantitative estimate of drug-likeness (QED) is 0.714. The van der Waals surface area contributed by atoms with Crippen LogP contribution in [0.4, 0.5) is 0 Å². The van der Waals surface area contributed by atoms with E-state index < -0.39 is 11.5 Å². The highest BCUT2D eigenvalue weighted by Crippen LogP contribution is 2.21. The molecule has 0 aromatic rings. The van der Waals surface area contributed by atoms with Gasteiger partial charge in [0.15, 0.2) is 0 Å². The van der Waals surface area contributed by atoms with Crippen LogP contribution in [0.1, 0.15) is 27.2 Å². The van der Waals surface area contributed by atoms with E-state index in [1.807, 2.05) is 6.92 Å². The smallest absolute Gasteiger partial charge is 0.328 e. The molecule has 86 valence electrons. The molecule has 5 nitrogen and oxygen atoms in total. The topological polar surface area (TPSA) is 75.6 Å². The van der Waals surface area contributed by atoms with Gasteiger partial charge < -0.3 is 15.2 Å². The molecule has 15 heavy (non-hydrogen) atoms. The lowest BCUT2D eigenvalue weighted by molar-refractivity contribution is -0.147. The van der Waals surface area contributed by atoms with Crippen LogP contribution in [0, 0.1) is 5.92 Å². The number of rotatable bonds is 3. The molecule has 1 fully saturated rings. The normalized spacial score (nSPS) is 26.3. The second-order valence-electron chi connectivity index (χ2n) is 4.39. The molecule has 5 heteroatoms. The van der Waals surface area contributed by atoms with Crippen molar-refractivity contribution in [2.45, 2.75) is 38.8 Å². The maximum Gasteiger partial charge on any atom is 0.328 e. The fourth-order valence-corrected chi connectivity index (χ4v) is 1.53. The number of carbonyl (C=O) groups is 2. The van der Waals surface area contributed by atoms with Crippen LogP contribution < -0.4 is 5.32 Å². The van der Waals surface area contributed by atoms with Crippen LogP contribution >= 0.6 is 0 Å². The molecule has 0 aromatic carbocycles. The maximum atomic E-state index is 11.7. The second kappa shape index (κ2) is 4.18. The van der Waals surface area contributed by atoms with Gasteiger partial charge in [0.05, 0.1) is 12.0 Å². The molecule has 0 radical (unpaired) electrons. The number of aliphatic carboxylic acids is 1. The Bertz CT molecular complexity index is 275. The number of nitrogens with one attached hydrogen (secondary N) is 1. The van der Waals surface area contributed by atoms with Gasteiger partial charge in [0, 0.05) is 6.61 Å². The molecule has 0 spiro atoms. The van der Waals surface area contributed by atoms with E-state index >= 15 is 0 Å². The van der Waals surface area contributed by atoms with Gasteiger partial charge in [-0.1, -0.05) is 0 Å². The summed E-state index contributed by atoms with van der Waals surface area (Å²) in [7, 11) is 0. The third-order valence-electron chi connectivity index (χ3n) is 2.68. The van der Waals surface area contributed by atoms with Crippen molar-refractivity contribution < 1.29 is 19.4 Å². The first kappa shape index (κ1) is 12.0. The van der Waals surface area contributed by atoms with Crippen molar-refractivity contribution in [2.75, 3.05) is 6.61 Å². The summed E-state index contributed by atoms with van der Waals surface area (Å²) < 4.78 is 5.25. The van der Waals surface area contributed by atoms with Gasteiger partial charge in [-0.05, 0) is 27.2 Å². The number of hydrogen-bond acceptors (Lipinski definition) is 3. The number of ether oxygens (including phenoxy) is 1. The first-order chi connectivity index (χ1) is 6.84. The average molecular weight is 215 g/mol. The molecule has 0 aromatic heterocycles. The molecule has 1 rings (SSSR count). The Morgan fingerprint density at radius 1 is 1.47 bits per heavy atom. The largest absolute Gasteiger partial charge is 0.480 e. The van der Waals surface area contributed by atoms with E-state index in [0.29, 0.717) is 13.0 Å². The summed E-state index contributed by atoms with van der Waals surface area (Å²) in [6.07, 6.45) is 0.525.